The molecule has 0 rings (SSSR count). The number of ether oxygens (including phenoxy) is 2. The van der Waals surface area contributed by atoms with Gasteiger partial charge >= 0.3 is 0 Å². The van der Waals surface area contributed by atoms with Crippen LogP contribution in [0.2, 0.25) is 0 Å². The summed E-state index contributed by atoms with van der Waals surface area (Å²) in [5.41, 5.74) is -1.22. The second-order valence-electron chi connectivity index (χ2n) is 2.75. The molecular formula is C8H12N2O5S. The van der Waals surface area contributed by atoms with Crippen molar-refractivity contribution in [2.45, 2.75) is 5.60 Å². The number of thiol groups is 1. The van der Waals surface area contributed by atoms with E-state index in [1.165, 1.54) is 12.2 Å². The Bertz CT molecular complexity index is 288. The predicted octanol–water partition coefficient (Wildman–Crippen LogP) is -0.733. The van der Waals surface area contributed by atoms with E-state index in [0.717, 1.165) is 0 Å². The lowest BCUT2D eigenvalue weighted by atomic mass is 10.1. The highest BCUT2D eigenvalue weighted by Gasteiger charge is 2.31. The maximum atomic E-state index is 10.0. The van der Waals surface area contributed by atoms with E-state index < -0.39 is 12.2 Å². The number of rotatable bonds is 9. The number of hydrogen-bond acceptors (Lipinski definition) is 8. The van der Waals surface area contributed by atoms with E-state index in [9.17, 15) is 9.59 Å². The van der Waals surface area contributed by atoms with Crippen molar-refractivity contribution in [2.24, 2.45) is 9.98 Å². The zero-order chi connectivity index (χ0) is 12.3. The Labute approximate surface area is 97.6 Å². The van der Waals surface area contributed by atoms with Crippen molar-refractivity contribution in [1.82, 2.24) is 0 Å². The van der Waals surface area contributed by atoms with E-state index in [0.29, 0.717) is 0 Å². The van der Waals surface area contributed by atoms with E-state index >= 15 is 0 Å². The number of aliphatic imine (C=N–C) groups is 2. The van der Waals surface area contributed by atoms with Crippen LogP contribution in [0.4, 0.5) is 0 Å². The number of aliphatic hydroxyl groups is 1. The molecule has 0 aliphatic heterocycles. The highest BCUT2D eigenvalue weighted by atomic mass is 32.1. The van der Waals surface area contributed by atoms with E-state index in [1.54, 1.807) is 0 Å². The molecule has 0 saturated carbocycles. The fourth-order valence-electron chi connectivity index (χ4n) is 0.878. The Hall–Kier alpha value is -1.01. The topological polar surface area (TPSA) is 97.5 Å². The molecule has 8 heteroatoms. The van der Waals surface area contributed by atoms with Crippen molar-refractivity contribution in [1.29, 1.82) is 0 Å². The van der Waals surface area contributed by atoms with Crippen molar-refractivity contribution in [2.75, 3.05) is 32.4 Å². The van der Waals surface area contributed by atoms with Gasteiger partial charge in [0, 0.05) is 0 Å². The van der Waals surface area contributed by atoms with Crippen LogP contribution >= 0.6 is 12.6 Å². The monoisotopic (exact) mass is 248 g/mol. The Morgan fingerprint density at radius 2 is 2.00 bits per heavy atom. The lowest BCUT2D eigenvalue weighted by molar-refractivity contribution is -0.109. The van der Waals surface area contributed by atoms with Crippen molar-refractivity contribution in [3.63, 3.8) is 0 Å². The standard InChI is InChI=1S/C8H12N2O5S/c11-2-8(1-9-4-12,3-14-7-16)15-6-10-5-13/h11,16H,1-3,6-7H2. The van der Waals surface area contributed by atoms with E-state index in [2.05, 4.69) is 22.6 Å². The van der Waals surface area contributed by atoms with Crippen LogP contribution in [0.15, 0.2) is 9.98 Å². The molecule has 0 spiro atoms. The van der Waals surface area contributed by atoms with Crippen LogP contribution in [-0.2, 0) is 19.1 Å². The molecule has 7 nitrogen and oxygen atoms in total. The molecule has 0 aliphatic carbocycles. The Balaban J connectivity index is 4.50. The summed E-state index contributed by atoms with van der Waals surface area (Å²) in [4.78, 5) is 26.3. The Morgan fingerprint density at radius 1 is 1.31 bits per heavy atom. The minimum atomic E-state index is -1.22. The van der Waals surface area contributed by atoms with Gasteiger partial charge in [0.05, 0.1) is 25.7 Å². The van der Waals surface area contributed by atoms with Crippen LogP contribution in [0, 0.1) is 0 Å². The maximum Gasteiger partial charge on any atom is 0.237 e. The van der Waals surface area contributed by atoms with Crippen LogP contribution in [0.5, 0.6) is 0 Å². The van der Waals surface area contributed by atoms with Gasteiger partial charge in [-0.05, 0) is 0 Å². The van der Waals surface area contributed by atoms with Crippen LogP contribution in [0.1, 0.15) is 0 Å². The van der Waals surface area contributed by atoms with Crippen LogP contribution in [0.25, 0.3) is 0 Å². The molecule has 0 heterocycles. The number of isocyanates is 2. The number of hydrogen-bond donors (Lipinski definition) is 2. The van der Waals surface area contributed by atoms with Crippen molar-refractivity contribution < 1.29 is 24.2 Å². The number of carbonyl (C=O) groups excluding carboxylic acids is 2. The SMILES string of the molecule is O=C=NCOC(CO)(CN=C=O)COCS. The smallest absolute Gasteiger partial charge is 0.237 e. The molecule has 1 atom stereocenters. The minimum Gasteiger partial charge on any atom is -0.393 e. The average Bonchev–Trinajstić information content (AvgIpc) is 2.32. The van der Waals surface area contributed by atoms with Gasteiger partial charge in [-0.25, -0.2) is 14.6 Å². The van der Waals surface area contributed by atoms with Gasteiger partial charge in [-0.2, -0.15) is 17.6 Å². The molecule has 0 aliphatic rings. The fourth-order valence-corrected chi connectivity index (χ4v) is 0.969. The van der Waals surface area contributed by atoms with Gasteiger partial charge in [0.25, 0.3) is 0 Å². The molecule has 0 aromatic heterocycles. The van der Waals surface area contributed by atoms with Crippen LogP contribution < -0.4 is 0 Å². The van der Waals surface area contributed by atoms with Gasteiger partial charge in [-0.1, -0.05) is 0 Å². The van der Waals surface area contributed by atoms with Gasteiger partial charge in [0.1, 0.15) is 5.60 Å². The third-order valence-electron chi connectivity index (χ3n) is 1.68. The van der Waals surface area contributed by atoms with Gasteiger partial charge in [-0.15, -0.1) is 0 Å². The van der Waals surface area contributed by atoms with Crippen molar-refractivity contribution >= 4 is 24.8 Å². The molecular weight excluding hydrogens is 236 g/mol. The summed E-state index contributed by atoms with van der Waals surface area (Å²) in [6.07, 6.45) is 2.61. The molecule has 1 N–H and O–H groups in total. The first-order valence-electron chi connectivity index (χ1n) is 4.25. The van der Waals surface area contributed by atoms with Gasteiger partial charge < -0.3 is 14.6 Å². The molecule has 0 aromatic carbocycles. The summed E-state index contributed by atoms with van der Waals surface area (Å²) < 4.78 is 10.1. The molecule has 0 bridgehead atoms. The molecule has 0 fully saturated rings. The summed E-state index contributed by atoms with van der Waals surface area (Å²) in [6, 6.07) is 0. The summed E-state index contributed by atoms with van der Waals surface area (Å²) >= 11 is 3.82. The van der Waals surface area contributed by atoms with Gasteiger partial charge in [0.15, 0.2) is 6.73 Å². The molecule has 90 valence electrons. The highest BCUT2D eigenvalue weighted by molar-refractivity contribution is 7.80. The van der Waals surface area contributed by atoms with Crippen LogP contribution in [0.3, 0.4) is 0 Å². The lowest BCUT2D eigenvalue weighted by Crippen LogP contribution is -2.45. The molecule has 0 aromatic rings. The van der Waals surface area contributed by atoms with Gasteiger partial charge in [-0.3, -0.25) is 0 Å². The highest BCUT2D eigenvalue weighted by Crippen LogP contribution is 2.12. The normalized spacial score (nSPS) is 13.4. The third-order valence-corrected chi connectivity index (χ3v) is 1.86. The fraction of sp³-hybridized carbons (Fsp3) is 0.750. The molecule has 0 radical (unpaired) electrons. The summed E-state index contributed by atoms with van der Waals surface area (Å²) in [6.45, 7) is -0.920. The first-order valence-corrected chi connectivity index (χ1v) is 4.88. The summed E-state index contributed by atoms with van der Waals surface area (Å²) in [5.74, 6) is 0.118. The quantitative estimate of drug-likeness (QED) is 0.242. The van der Waals surface area contributed by atoms with Gasteiger partial charge in [0.2, 0.25) is 12.2 Å². The van der Waals surface area contributed by atoms with E-state index in [1.807, 2.05) is 0 Å². The second kappa shape index (κ2) is 9.23. The molecule has 0 saturated heterocycles. The van der Waals surface area contributed by atoms with E-state index in [4.69, 9.17) is 14.6 Å². The third kappa shape index (κ3) is 5.77. The maximum absolute atomic E-state index is 10.0. The minimum absolute atomic E-state index is 0.0352. The zero-order valence-electron chi connectivity index (χ0n) is 8.46. The molecule has 1 unspecified atom stereocenters. The number of aliphatic hydroxyl groups excluding tert-OH is 1. The zero-order valence-corrected chi connectivity index (χ0v) is 9.35. The molecule has 16 heavy (non-hydrogen) atoms. The predicted molar refractivity (Wildman–Crippen MR) is 56.7 cm³/mol. The summed E-state index contributed by atoms with van der Waals surface area (Å²) in [7, 11) is 0. The second-order valence-corrected chi connectivity index (χ2v) is 3.01. The Kier molecular flexibility index (Phi) is 8.65. The summed E-state index contributed by atoms with van der Waals surface area (Å²) in [5, 5.41) is 9.17. The van der Waals surface area contributed by atoms with E-state index in [-0.39, 0.29) is 25.8 Å². The Morgan fingerprint density at radius 3 is 2.50 bits per heavy atom. The first kappa shape index (κ1) is 15.0. The largest absolute Gasteiger partial charge is 0.393 e. The van der Waals surface area contributed by atoms with Crippen LogP contribution in [-0.4, -0.2) is 55.3 Å². The molecule has 0 amide bonds. The van der Waals surface area contributed by atoms with Crippen molar-refractivity contribution in [3.05, 3.63) is 0 Å². The lowest BCUT2D eigenvalue weighted by Gasteiger charge is -2.28. The average molecular weight is 248 g/mol. The number of nitrogens with zero attached hydrogens (tertiary/aromatic N) is 2. The first-order chi connectivity index (χ1) is 7.74. The van der Waals surface area contributed by atoms with Crippen molar-refractivity contribution in [3.8, 4) is 0 Å².